The summed E-state index contributed by atoms with van der Waals surface area (Å²) in [7, 11) is 0. The topological polar surface area (TPSA) is 0 Å². The fourth-order valence-corrected chi connectivity index (χ4v) is 3.10. The zero-order valence-electron chi connectivity index (χ0n) is 7.57. The lowest BCUT2D eigenvalue weighted by Gasteiger charge is -2.25. The van der Waals surface area contributed by atoms with Crippen LogP contribution < -0.4 is 0 Å². The summed E-state index contributed by atoms with van der Waals surface area (Å²) < 4.78 is 0. The van der Waals surface area contributed by atoms with E-state index in [9.17, 15) is 0 Å². The average Bonchev–Trinajstić information content (AvgIpc) is 2.42. The van der Waals surface area contributed by atoms with Crippen LogP contribution in [0.25, 0.3) is 0 Å². The lowest BCUT2D eigenvalue weighted by Crippen LogP contribution is -2.17. The maximum Gasteiger partial charge on any atom is -0.0229 e. The highest BCUT2D eigenvalue weighted by Gasteiger charge is 2.79. The molecule has 58 valence electrons. The van der Waals surface area contributed by atoms with E-state index in [1.165, 1.54) is 6.42 Å². The molecule has 0 N–H and O–H groups in total. The molecule has 3 unspecified atom stereocenters. The molecule has 0 radical (unpaired) electrons. The van der Waals surface area contributed by atoms with Gasteiger partial charge in [-0.1, -0.05) is 27.7 Å². The Balaban J connectivity index is 2.04. The molecule has 0 aromatic rings. The number of rotatable bonds is 1. The maximum absolute atomic E-state index is 2.39. The Kier molecular flexibility index (Phi) is 0.964. The third-order valence-electron chi connectivity index (χ3n) is 3.68. The van der Waals surface area contributed by atoms with Crippen molar-refractivity contribution in [2.45, 2.75) is 40.5 Å². The molecule has 2 rings (SSSR count). The summed E-state index contributed by atoms with van der Waals surface area (Å²) >= 11 is 0. The van der Waals surface area contributed by atoms with Gasteiger partial charge in [0.05, 0.1) is 0 Å². The lowest BCUT2D eigenvalue weighted by atomic mass is 9.80. The molecule has 0 aromatic carbocycles. The lowest BCUT2D eigenvalue weighted by molar-refractivity contribution is 0.245. The van der Waals surface area contributed by atoms with Crippen molar-refractivity contribution >= 4 is 0 Å². The van der Waals surface area contributed by atoms with Gasteiger partial charge < -0.3 is 0 Å². The van der Waals surface area contributed by atoms with Crippen molar-refractivity contribution in [2.75, 3.05) is 0 Å². The second-order valence-corrected chi connectivity index (χ2v) is 5.24. The van der Waals surface area contributed by atoms with E-state index in [0.717, 1.165) is 17.3 Å². The average molecular weight is 138 g/mol. The van der Waals surface area contributed by atoms with Crippen LogP contribution in [0.3, 0.4) is 0 Å². The summed E-state index contributed by atoms with van der Waals surface area (Å²) in [6, 6.07) is 0. The second-order valence-electron chi connectivity index (χ2n) is 5.24. The summed E-state index contributed by atoms with van der Waals surface area (Å²) in [5, 5.41) is 0. The predicted molar refractivity (Wildman–Crippen MR) is 43.8 cm³/mol. The third-order valence-corrected chi connectivity index (χ3v) is 3.68. The van der Waals surface area contributed by atoms with Crippen LogP contribution in [0.2, 0.25) is 0 Å². The molecule has 0 heterocycles. The van der Waals surface area contributed by atoms with Crippen LogP contribution >= 0.6 is 0 Å². The maximum atomic E-state index is 2.39. The van der Waals surface area contributed by atoms with Crippen molar-refractivity contribution in [2.24, 2.45) is 22.7 Å². The summed E-state index contributed by atoms with van der Waals surface area (Å²) in [6.45, 7) is 9.52. The number of fused-ring (bicyclic) bond motifs is 1. The molecular formula is C10H18. The Morgan fingerprint density at radius 2 is 2.00 bits per heavy atom. The molecule has 2 aliphatic carbocycles. The van der Waals surface area contributed by atoms with Crippen molar-refractivity contribution in [3.05, 3.63) is 0 Å². The molecule has 0 aliphatic heterocycles. The molecule has 10 heavy (non-hydrogen) atoms. The van der Waals surface area contributed by atoms with Crippen molar-refractivity contribution < 1.29 is 0 Å². The highest BCUT2D eigenvalue weighted by molar-refractivity contribution is 5.27. The van der Waals surface area contributed by atoms with Gasteiger partial charge in [0.15, 0.2) is 0 Å². The van der Waals surface area contributed by atoms with E-state index in [-0.39, 0.29) is 0 Å². The second kappa shape index (κ2) is 1.44. The van der Waals surface area contributed by atoms with Crippen LogP contribution in [0.5, 0.6) is 0 Å². The first-order chi connectivity index (χ1) is 4.52. The fraction of sp³-hybridized carbons (Fsp3) is 1.00. The highest BCUT2D eigenvalue weighted by Crippen LogP contribution is 2.85. The van der Waals surface area contributed by atoms with Gasteiger partial charge in [0.1, 0.15) is 0 Å². The van der Waals surface area contributed by atoms with Crippen LogP contribution in [-0.4, -0.2) is 0 Å². The van der Waals surface area contributed by atoms with E-state index in [0.29, 0.717) is 5.41 Å². The van der Waals surface area contributed by atoms with Crippen LogP contribution in [-0.2, 0) is 0 Å². The van der Waals surface area contributed by atoms with Gasteiger partial charge in [0, 0.05) is 0 Å². The monoisotopic (exact) mass is 138 g/mol. The molecule has 0 bridgehead atoms. The van der Waals surface area contributed by atoms with E-state index >= 15 is 0 Å². The molecular weight excluding hydrogens is 120 g/mol. The van der Waals surface area contributed by atoms with Gasteiger partial charge in [-0.25, -0.2) is 0 Å². The van der Waals surface area contributed by atoms with Crippen LogP contribution in [0.1, 0.15) is 40.5 Å². The Morgan fingerprint density at radius 1 is 1.40 bits per heavy atom. The molecule has 2 saturated carbocycles. The van der Waals surface area contributed by atoms with Crippen molar-refractivity contribution in [1.29, 1.82) is 0 Å². The summed E-state index contributed by atoms with van der Waals surface area (Å²) in [4.78, 5) is 0. The molecule has 2 aliphatic rings. The zero-order chi connectivity index (χ0) is 7.57. The number of hydrogen-bond acceptors (Lipinski definition) is 0. The van der Waals surface area contributed by atoms with E-state index in [4.69, 9.17) is 0 Å². The van der Waals surface area contributed by atoms with Crippen molar-refractivity contribution in [3.63, 3.8) is 0 Å². The highest BCUT2D eigenvalue weighted by atomic mass is 14.8. The predicted octanol–water partition coefficient (Wildman–Crippen LogP) is 3.08. The molecule has 0 heteroatoms. The minimum Gasteiger partial charge on any atom is -0.0648 e. The normalized spacial score (nSPS) is 50.4. The van der Waals surface area contributed by atoms with Gasteiger partial charge >= 0.3 is 0 Å². The Bertz CT molecular complexity index is 163. The minimum atomic E-state index is 0.596. The van der Waals surface area contributed by atoms with Crippen LogP contribution in [0.15, 0.2) is 0 Å². The summed E-state index contributed by atoms with van der Waals surface area (Å²) in [5.74, 6) is 2.21. The van der Waals surface area contributed by atoms with E-state index in [1.807, 2.05) is 0 Å². The van der Waals surface area contributed by atoms with Gasteiger partial charge in [0.2, 0.25) is 0 Å². The van der Waals surface area contributed by atoms with E-state index < -0.39 is 0 Å². The molecule has 0 aromatic heterocycles. The van der Waals surface area contributed by atoms with Crippen LogP contribution in [0, 0.1) is 22.7 Å². The van der Waals surface area contributed by atoms with E-state index in [1.54, 1.807) is 6.42 Å². The SMILES string of the molecule is CCC12CC1C2C(C)(C)C. The van der Waals surface area contributed by atoms with Gasteiger partial charge in [-0.2, -0.15) is 0 Å². The first-order valence-electron chi connectivity index (χ1n) is 4.52. The largest absolute Gasteiger partial charge is 0.0648 e. The first-order valence-corrected chi connectivity index (χ1v) is 4.52. The minimum absolute atomic E-state index is 0.596. The van der Waals surface area contributed by atoms with E-state index in [2.05, 4.69) is 27.7 Å². The standard InChI is InChI=1S/C10H18/c1-5-10-6-7(10)8(10)9(2,3)4/h7-8H,5-6H2,1-4H3. The smallest absolute Gasteiger partial charge is 0.0229 e. The summed E-state index contributed by atoms with van der Waals surface area (Å²) in [5.41, 5.74) is 1.46. The fourth-order valence-electron chi connectivity index (χ4n) is 3.10. The van der Waals surface area contributed by atoms with Crippen molar-refractivity contribution in [3.8, 4) is 0 Å². The zero-order valence-corrected chi connectivity index (χ0v) is 7.57. The van der Waals surface area contributed by atoms with Gasteiger partial charge in [-0.05, 0) is 35.5 Å². The van der Waals surface area contributed by atoms with Crippen LogP contribution in [0.4, 0.5) is 0 Å². The third kappa shape index (κ3) is 0.580. The Labute approximate surface area is 64.0 Å². The van der Waals surface area contributed by atoms with Gasteiger partial charge in [-0.15, -0.1) is 0 Å². The molecule has 0 saturated heterocycles. The molecule has 2 fully saturated rings. The molecule has 3 atom stereocenters. The van der Waals surface area contributed by atoms with Gasteiger partial charge in [0.25, 0.3) is 0 Å². The molecule has 0 nitrogen and oxygen atoms in total. The van der Waals surface area contributed by atoms with Gasteiger partial charge in [-0.3, -0.25) is 0 Å². The number of hydrogen-bond donors (Lipinski definition) is 0. The Morgan fingerprint density at radius 3 is 2.10 bits per heavy atom. The quantitative estimate of drug-likeness (QED) is 0.522. The first kappa shape index (κ1) is 6.69. The molecule has 0 amide bonds. The Hall–Kier alpha value is 0. The summed E-state index contributed by atoms with van der Waals surface area (Å²) in [6.07, 6.45) is 2.98. The molecule has 0 spiro atoms. The van der Waals surface area contributed by atoms with Crippen molar-refractivity contribution in [1.82, 2.24) is 0 Å².